The third-order valence-electron chi connectivity index (χ3n) is 5.70. The number of nitrogens with zero attached hydrogens (tertiary/aromatic N) is 2. The number of urea groups is 1. The molecule has 0 aromatic heterocycles. The van der Waals surface area contributed by atoms with Crippen molar-refractivity contribution in [2.45, 2.75) is 38.0 Å². The third-order valence-corrected chi connectivity index (χ3v) is 5.70. The van der Waals surface area contributed by atoms with Crippen LogP contribution < -0.4 is 5.32 Å². The van der Waals surface area contributed by atoms with Crippen LogP contribution in [0.15, 0.2) is 30.3 Å². The maximum Gasteiger partial charge on any atom is 0.318 e. The molecule has 1 aromatic rings. The van der Waals surface area contributed by atoms with Crippen LogP contribution in [0.2, 0.25) is 0 Å². The van der Waals surface area contributed by atoms with Gasteiger partial charge in [-0.3, -0.25) is 4.90 Å². The lowest BCUT2D eigenvalue weighted by molar-refractivity contribution is -0.0469. The normalized spacial score (nSPS) is 33.0. The van der Waals surface area contributed by atoms with E-state index in [0.29, 0.717) is 18.5 Å². The van der Waals surface area contributed by atoms with Gasteiger partial charge in [0.15, 0.2) is 0 Å². The Kier molecular flexibility index (Phi) is 4.46. The van der Waals surface area contributed by atoms with Crippen molar-refractivity contribution < 1.29 is 9.53 Å². The highest BCUT2D eigenvalue weighted by atomic mass is 16.5. The molecule has 4 atom stereocenters. The summed E-state index contributed by atoms with van der Waals surface area (Å²) in [7, 11) is 0. The van der Waals surface area contributed by atoms with E-state index in [1.165, 1.54) is 24.9 Å². The zero-order chi connectivity index (χ0) is 16.5. The Labute approximate surface area is 144 Å². The van der Waals surface area contributed by atoms with Crippen molar-refractivity contribution in [2.75, 3.05) is 32.8 Å². The molecule has 2 amide bonds. The fourth-order valence-corrected chi connectivity index (χ4v) is 4.37. The molecular formula is C19H27N3O2. The first-order valence-corrected chi connectivity index (χ1v) is 9.17. The van der Waals surface area contributed by atoms with Gasteiger partial charge in [0.2, 0.25) is 0 Å². The first-order chi connectivity index (χ1) is 11.7. The number of hydrogen-bond donors (Lipinski definition) is 1. The van der Waals surface area contributed by atoms with E-state index >= 15 is 0 Å². The molecule has 0 bridgehead atoms. The van der Waals surface area contributed by atoms with Gasteiger partial charge in [-0.1, -0.05) is 37.3 Å². The minimum absolute atomic E-state index is 0.0362. The van der Waals surface area contributed by atoms with Gasteiger partial charge in [0.25, 0.3) is 0 Å². The molecule has 130 valence electrons. The van der Waals surface area contributed by atoms with E-state index in [1.807, 2.05) is 23.1 Å². The van der Waals surface area contributed by atoms with Gasteiger partial charge < -0.3 is 15.0 Å². The summed E-state index contributed by atoms with van der Waals surface area (Å²) in [6, 6.07) is 11.2. The van der Waals surface area contributed by atoms with Crippen molar-refractivity contribution in [3.63, 3.8) is 0 Å². The largest absolute Gasteiger partial charge is 0.373 e. The summed E-state index contributed by atoms with van der Waals surface area (Å²) < 4.78 is 5.93. The zero-order valence-corrected chi connectivity index (χ0v) is 14.4. The summed E-state index contributed by atoms with van der Waals surface area (Å²) in [6.07, 6.45) is 2.65. The highest BCUT2D eigenvalue weighted by Crippen LogP contribution is 2.38. The van der Waals surface area contributed by atoms with Crippen LogP contribution in [0, 0.1) is 5.92 Å². The Morgan fingerprint density at radius 2 is 2.12 bits per heavy atom. The summed E-state index contributed by atoms with van der Waals surface area (Å²) in [5.74, 6) is 0.509. The van der Waals surface area contributed by atoms with Crippen LogP contribution in [-0.4, -0.2) is 60.8 Å². The van der Waals surface area contributed by atoms with Crippen molar-refractivity contribution in [2.24, 2.45) is 5.92 Å². The van der Waals surface area contributed by atoms with Crippen LogP contribution in [0.25, 0.3) is 0 Å². The van der Waals surface area contributed by atoms with E-state index in [2.05, 4.69) is 29.3 Å². The van der Waals surface area contributed by atoms with Gasteiger partial charge >= 0.3 is 6.03 Å². The Morgan fingerprint density at radius 3 is 2.92 bits per heavy atom. The number of benzene rings is 1. The molecule has 1 N–H and O–H groups in total. The van der Waals surface area contributed by atoms with Gasteiger partial charge in [-0.2, -0.15) is 0 Å². The molecule has 3 saturated heterocycles. The summed E-state index contributed by atoms with van der Waals surface area (Å²) in [4.78, 5) is 17.0. The smallest absolute Gasteiger partial charge is 0.318 e. The number of rotatable bonds is 3. The van der Waals surface area contributed by atoms with E-state index in [1.54, 1.807) is 0 Å². The number of carbonyl (C=O) groups is 1. The first kappa shape index (κ1) is 15.9. The number of carbonyl (C=O) groups excluding carboxylic acids is 1. The zero-order valence-electron chi connectivity index (χ0n) is 14.4. The maximum absolute atomic E-state index is 12.6. The number of ether oxygens (including phenoxy) is 1. The molecule has 0 radical (unpaired) electrons. The van der Waals surface area contributed by atoms with Crippen LogP contribution >= 0.6 is 0 Å². The molecule has 3 aliphatic rings. The van der Waals surface area contributed by atoms with E-state index < -0.39 is 0 Å². The van der Waals surface area contributed by atoms with Crippen molar-refractivity contribution >= 4 is 6.03 Å². The van der Waals surface area contributed by atoms with Gasteiger partial charge in [-0.25, -0.2) is 4.79 Å². The first-order valence-electron chi connectivity index (χ1n) is 9.17. The van der Waals surface area contributed by atoms with E-state index in [4.69, 9.17) is 4.74 Å². The van der Waals surface area contributed by atoms with Crippen molar-refractivity contribution in [1.29, 1.82) is 0 Å². The molecule has 3 heterocycles. The Hall–Kier alpha value is -1.59. The molecular weight excluding hydrogens is 302 g/mol. The van der Waals surface area contributed by atoms with Gasteiger partial charge in [0.1, 0.15) is 0 Å². The molecule has 3 fully saturated rings. The highest BCUT2D eigenvalue weighted by molar-refractivity contribution is 5.76. The van der Waals surface area contributed by atoms with Gasteiger partial charge in [-0.15, -0.1) is 0 Å². The average Bonchev–Trinajstić information content (AvgIpc) is 3.06. The fourth-order valence-electron chi connectivity index (χ4n) is 4.37. The number of amides is 2. The topological polar surface area (TPSA) is 44.8 Å². The molecule has 0 saturated carbocycles. The summed E-state index contributed by atoms with van der Waals surface area (Å²) in [5.41, 5.74) is 1.22. The van der Waals surface area contributed by atoms with E-state index in [0.717, 1.165) is 19.7 Å². The number of likely N-dealkylation sites (tertiary alicyclic amines) is 1. The van der Waals surface area contributed by atoms with Crippen molar-refractivity contribution in [3.05, 3.63) is 35.9 Å². The third kappa shape index (κ3) is 3.03. The Morgan fingerprint density at radius 1 is 1.29 bits per heavy atom. The molecule has 0 aliphatic carbocycles. The minimum atomic E-state index is 0.0362. The van der Waals surface area contributed by atoms with Gasteiger partial charge in [0, 0.05) is 25.7 Å². The maximum atomic E-state index is 12.6. The average molecular weight is 329 g/mol. The van der Waals surface area contributed by atoms with Crippen LogP contribution in [0.5, 0.6) is 0 Å². The number of morpholine rings is 1. The van der Waals surface area contributed by atoms with Crippen molar-refractivity contribution in [3.8, 4) is 0 Å². The van der Waals surface area contributed by atoms with Crippen LogP contribution in [-0.2, 0) is 4.74 Å². The Bertz CT molecular complexity index is 579. The van der Waals surface area contributed by atoms with Crippen molar-refractivity contribution in [1.82, 2.24) is 15.1 Å². The summed E-state index contributed by atoms with van der Waals surface area (Å²) >= 11 is 0. The quantitative estimate of drug-likeness (QED) is 0.925. The second kappa shape index (κ2) is 6.73. The fraction of sp³-hybridized carbons (Fsp3) is 0.632. The molecule has 0 unspecified atom stereocenters. The van der Waals surface area contributed by atoms with E-state index in [9.17, 15) is 4.79 Å². The molecule has 4 rings (SSSR count). The predicted molar refractivity (Wildman–Crippen MR) is 92.8 cm³/mol. The molecule has 5 nitrogen and oxygen atoms in total. The molecule has 24 heavy (non-hydrogen) atoms. The van der Waals surface area contributed by atoms with E-state index in [-0.39, 0.29) is 18.2 Å². The highest BCUT2D eigenvalue weighted by Gasteiger charge is 2.40. The minimum Gasteiger partial charge on any atom is -0.373 e. The lowest BCUT2D eigenvalue weighted by atomic mass is 9.85. The lowest BCUT2D eigenvalue weighted by Gasteiger charge is -2.47. The van der Waals surface area contributed by atoms with Crippen LogP contribution in [0.4, 0.5) is 4.79 Å². The summed E-state index contributed by atoms with van der Waals surface area (Å²) in [5, 5.41) is 3.09. The molecule has 5 heteroatoms. The van der Waals surface area contributed by atoms with Crippen LogP contribution in [0.1, 0.15) is 31.4 Å². The number of nitrogens with one attached hydrogen (secondary N) is 1. The summed E-state index contributed by atoms with van der Waals surface area (Å²) in [6.45, 7) is 6.58. The Balaban J connectivity index is 1.30. The standard InChI is InChI=1S/C19H27N3O2/c1-14-11-22(18(14)15-6-3-2-4-7-15)19(23)20-10-17-12-21-9-5-8-16(21)13-24-17/h2-4,6-7,14,16-18H,5,8-13H2,1H3,(H,20,23)/t14-,16+,17-,18-/m1/s1. The van der Waals surface area contributed by atoms with Crippen LogP contribution in [0.3, 0.4) is 0 Å². The molecule has 1 aromatic carbocycles. The SMILES string of the molecule is C[C@@H]1CN(C(=O)NC[C@@H]2CN3CCC[C@H]3CO2)[C@H]1c1ccccc1. The second-order valence-electron chi connectivity index (χ2n) is 7.42. The molecule has 3 aliphatic heterocycles. The predicted octanol–water partition coefficient (Wildman–Crippen LogP) is 2.25. The number of fused-ring (bicyclic) bond motifs is 1. The number of hydrogen-bond acceptors (Lipinski definition) is 3. The monoisotopic (exact) mass is 329 g/mol. The second-order valence-corrected chi connectivity index (χ2v) is 7.42. The van der Waals surface area contributed by atoms with Gasteiger partial charge in [-0.05, 0) is 30.9 Å². The lowest BCUT2D eigenvalue weighted by Crippen LogP contribution is -2.57. The van der Waals surface area contributed by atoms with Gasteiger partial charge in [0.05, 0.1) is 18.8 Å². The molecule has 0 spiro atoms.